The number of thiophene rings is 1. The number of carbonyl (C=O) groups excluding carboxylic acids is 1. The molecule has 3 N–H and O–H groups in total. The van der Waals surface area contributed by atoms with E-state index in [2.05, 4.69) is 16.0 Å². The number of urea groups is 1. The highest BCUT2D eigenvalue weighted by Crippen LogP contribution is 2.16. The molecule has 20 heavy (non-hydrogen) atoms. The standard InChI is InChI=1S/C15H18N2O2S/c1-10-8-20-9-13(10)7-16-15(19)17-14-5-3-12(4-6-14)11(2)18/h3-6,8-9,11,18H,7H2,1-2H3,(H2,16,17,19). The minimum absolute atomic E-state index is 0.236. The number of carbonyl (C=O) groups is 1. The average molecular weight is 290 g/mol. The van der Waals surface area contributed by atoms with Crippen LogP contribution in [0.15, 0.2) is 35.0 Å². The number of aryl methyl sites for hydroxylation is 1. The van der Waals surface area contributed by atoms with Crippen LogP contribution in [0.3, 0.4) is 0 Å². The fraction of sp³-hybridized carbons (Fsp3) is 0.267. The van der Waals surface area contributed by atoms with Crippen molar-refractivity contribution in [3.63, 3.8) is 0 Å². The van der Waals surface area contributed by atoms with Crippen LogP contribution < -0.4 is 10.6 Å². The van der Waals surface area contributed by atoms with Gasteiger partial charge >= 0.3 is 6.03 Å². The molecule has 1 aromatic heterocycles. The van der Waals surface area contributed by atoms with E-state index in [-0.39, 0.29) is 6.03 Å². The molecule has 0 radical (unpaired) electrons. The smallest absolute Gasteiger partial charge is 0.319 e. The van der Waals surface area contributed by atoms with Gasteiger partial charge in [0.2, 0.25) is 0 Å². The number of amides is 2. The molecule has 0 saturated heterocycles. The normalized spacial score (nSPS) is 11.9. The van der Waals surface area contributed by atoms with Gasteiger partial charge in [-0.15, -0.1) is 0 Å². The molecule has 2 rings (SSSR count). The van der Waals surface area contributed by atoms with E-state index >= 15 is 0 Å². The predicted octanol–water partition coefficient (Wildman–Crippen LogP) is 3.43. The summed E-state index contributed by atoms with van der Waals surface area (Å²) in [4.78, 5) is 11.8. The Labute approximate surface area is 122 Å². The molecule has 2 amide bonds. The predicted molar refractivity (Wildman–Crippen MR) is 82.0 cm³/mol. The lowest BCUT2D eigenvalue weighted by Crippen LogP contribution is -2.28. The van der Waals surface area contributed by atoms with Crippen LogP contribution in [0.4, 0.5) is 10.5 Å². The number of aliphatic hydroxyl groups excluding tert-OH is 1. The van der Waals surface area contributed by atoms with Gasteiger partial charge in [0.1, 0.15) is 0 Å². The zero-order chi connectivity index (χ0) is 14.5. The molecule has 106 valence electrons. The van der Waals surface area contributed by atoms with Crippen molar-refractivity contribution in [2.24, 2.45) is 0 Å². The van der Waals surface area contributed by atoms with Gasteiger partial charge in [-0.25, -0.2) is 4.79 Å². The summed E-state index contributed by atoms with van der Waals surface area (Å²) in [6, 6.07) is 6.90. The molecule has 1 heterocycles. The molecule has 0 fully saturated rings. The van der Waals surface area contributed by atoms with Crippen LogP contribution in [0.25, 0.3) is 0 Å². The van der Waals surface area contributed by atoms with Crippen molar-refractivity contribution in [2.45, 2.75) is 26.5 Å². The Hall–Kier alpha value is -1.85. The van der Waals surface area contributed by atoms with Crippen LogP contribution in [0.1, 0.15) is 29.7 Å². The Morgan fingerprint density at radius 3 is 2.55 bits per heavy atom. The van der Waals surface area contributed by atoms with E-state index in [4.69, 9.17) is 0 Å². The first-order chi connectivity index (χ1) is 9.56. The van der Waals surface area contributed by atoms with E-state index < -0.39 is 6.10 Å². The summed E-state index contributed by atoms with van der Waals surface area (Å²) in [6.07, 6.45) is -0.501. The van der Waals surface area contributed by atoms with Gasteiger partial charge in [0.15, 0.2) is 0 Å². The van der Waals surface area contributed by atoms with Crippen LogP contribution in [-0.4, -0.2) is 11.1 Å². The first-order valence-corrected chi connectivity index (χ1v) is 7.35. The summed E-state index contributed by atoms with van der Waals surface area (Å²) in [7, 11) is 0. The van der Waals surface area contributed by atoms with E-state index in [1.54, 1.807) is 42.5 Å². The van der Waals surface area contributed by atoms with Crippen LogP contribution in [0.2, 0.25) is 0 Å². The molecule has 1 unspecified atom stereocenters. The minimum Gasteiger partial charge on any atom is -0.389 e. The number of nitrogens with one attached hydrogen (secondary N) is 2. The van der Waals surface area contributed by atoms with Gasteiger partial charge in [0.05, 0.1) is 6.10 Å². The number of anilines is 1. The third kappa shape index (κ3) is 3.82. The summed E-state index contributed by atoms with van der Waals surface area (Å²) >= 11 is 1.63. The van der Waals surface area contributed by atoms with E-state index in [0.717, 1.165) is 11.1 Å². The van der Waals surface area contributed by atoms with Crippen molar-refractivity contribution >= 4 is 23.1 Å². The lowest BCUT2D eigenvalue weighted by atomic mass is 10.1. The van der Waals surface area contributed by atoms with E-state index in [1.807, 2.05) is 12.3 Å². The lowest BCUT2D eigenvalue weighted by molar-refractivity contribution is 0.199. The second kappa shape index (κ2) is 6.54. The van der Waals surface area contributed by atoms with Crippen molar-refractivity contribution in [1.82, 2.24) is 5.32 Å². The summed E-state index contributed by atoms with van der Waals surface area (Å²) in [5, 5.41) is 19.1. The molecule has 0 aliphatic heterocycles. The maximum atomic E-state index is 11.8. The van der Waals surface area contributed by atoms with Gasteiger partial charge in [-0.3, -0.25) is 0 Å². The molecule has 1 atom stereocenters. The van der Waals surface area contributed by atoms with Crippen molar-refractivity contribution in [3.05, 3.63) is 51.7 Å². The maximum Gasteiger partial charge on any atom is 0.319 e. The number of rotatable bonds is 4. The first kappa shape index (κ1) is 14.6. The zero-order valence-electron chi connectivity index (χ0n) is 11.5. The second-order valence-corrected chi connectivity index (χ2v) is 5.43. The molecular formula is C15H18N2O2S. The molecule has 0 aliphatic rings. The Morgan fingerprint density at radius 2 is 2.00 bits per heavy atom. The van der Waals surface area contributed by atoms with Gasteiger partial charge in [-0.2, -0.15) is 11.3 Å². The summed E-state index contributed by atoms with van der Waals surface area (Å²) in [6.45, 7) is 4.26. The molecule has 0 saturated carbocycles. The average Bonchev–Trinajstić information content (AvgIpc) is 2.82. The maximum absolute atomic E-state index is 11.8. The molecule has 0 aliphatic carbocycles. The summed E-state index contributed by atoms with van der Waals surface area (Å²) < 4.78 is 0. The van der Waals surface area contributed by atoms with Crippen molar-refractivity contribution in [3.8, 4) is 0 Å². The molecule has 2 aromatic rings. The van der Waals surface area contributed by atoms with Crippen molar-refractivity contribution in [1.29, 1.82) is 0 Å². The number of aliphatic hydroxyl groups is 1. The third-order valence-electron chi connectivity index (χ3n) is 3.05. The Morgan fingerprint density at radius 1 is 1.30 bits per heavy atom. The fourth-order valence-electron chi connectivity index (χ4n) is 1.76. The number of hydrogen-bond acceptors (Lipinski definition) is 3. The van der Waals surface area contributed by atoms with Crippen molar-refractivity contribution < 1.29 is 9.90 Å². The largest absolute Gasteiger partial charge is 0.389 e. The number of benzene rings is 1. The molecular weight excluding hydrogens is 272 g/mol. The first-order valence-electron chi connectivity index (χ1n) is 6.41. The Bertz CT molecular complexity index is 576. The van der Waals surface area contributed by atoms with Crippen LogP contribution in [-0.2, 0) is 6.54 Å². The zero-order valence-corrected chi connectivity index (χ0v) is 12.3. The SMILES string of the molecule is Cc1cscc1CNC(=O)Nc1ccc(C(C)O)cc1. The molecule has 1 aromatic carbocycles. The quantitative estimate of drug-likeness (QED) is 0.808. The van der Waals surface area contributed by atoms with E-state index in [0.29, 0.717) is 12.2 Å². The molecule has 5 heteroatoms. The third-order valence-corrected chi connectivity index (χ3v) is 3.96. The van der Waals surface area contributed by atoms with Crippen LogP contribution >= 0.6 is 11.3 Å². The minimum atomic E-state index is -0.501. The monoisotopic (exact) mass is 290 g/mol. The Kier molecular flexibility index (Phi) is 4.76. The van der Waals surface area contributed by atoms with E-state index in [1.165, 1.54) is 5.56 Å². The Balaban J connectivity index is 1.86. The van der Waals surface area contributed by atoms with Gasteiger partial charge < -0.3 is 15.7 Å². The molecule has 0 spiro atoms. The van der Waals surface area contributed by atoms with Gasteiger partial charge in [-0.05, 0) is 53.4 Å². The fourth-order valence-corrected chi connectivity index (χ4v) is 2.62. The topological polar surface area (TPSA) is 61.4 Å². The van der Waals surface area contributed by atoms with E-state index in [9.17, 15) is 9.90 Å². The highest BCUT2D eigenvalue weighted by Gasteiger charge is 2.05. The van der Waals surface area contributed by atoms with Crippen LogP contribution in [0, 0.1) is 6.92 Å². The lowest BCUT2D eigenvalue weighted by Gasteiger charge is -2.09. The summed E-state index contributed by atoms with van der Waals surface area (Å²) in [5.74, 6) is 0. The van der Waals surface area contributed by atoms with Crippen LogP contribution in [0.5, 0.6) is 0 Å². The van der Waals surface area contributed by atoms with Crippen molar-refractivity contribution in [2.75, 3.05) is 5.32 Å². The highest BCUT2D eigenvalue weighted by atomic mass is 32.1. The van der Waals surface area contributed by atoms with Gasteiger partial charge in [-0.1, -0.05) is 12.1 Å². The van der Waals surface area contributed by atoms with Gasteiger partial charge in [0.25, 0.3) is 0 Å². The highest BCUT2D eigenvalue weighted by molar-refractivity contribution is 7.08. The molecule has 0 bridgehead atoms. The second-order valence-electron chi connectivity index (χ2n) is 4.69. The van der Waals surface area contributed by atoms with Gasteiger partial charge in [0, 0.05) is 12.2 Å². The molecule has 4 nitrogen and oxygen atoms in total. The summed E-state index contributed by atoms with van der Waals surface area (Å²) in [5.41, 5.74) is 3.85. The number of hydrogen-bond donors (Lipinski definition) is 3.